The number of alkyl halides is 3. The third-order valence-electron chi connectivity index (χ3n) is 9.39. The van der Waals surface area contributed by atoms with Crippen LogP contribution in [-0.2, 0) is 15.7 Å². The van der Waals surface area contributed by atoms with Gasteiger partial charge in [0.05, 0.1) is 5.56 Å². The van der Waals surface area contributed by atoms with Crippen LogP contribution in [0.3, 0.4) is 0 Å². The van der Waals surface area contributed by atoms with Crippen molar-refractivity contribution < 1.29 is 22.7 Å². The normalized spacial score (nSPS) is 37.9. The standard InChI is InChI=1S/C27H32F3NO2/c1-16(32)33-18-8-11-25(2)17(14-18)4-5-19-21-6-7-22(26(21,3)12-9-23(19)25)20-15-31-13-10-24(20)27(28,29)30/h4,7,10,13,15,18-19,21,23H,5-6,8-9,11-12,14H2,1-3H3/t18?,19?,21-,23-,25?,26?/m0/s1. The summed E-state index contributed by atoms with van der Waals surface area (Å²) in [6.45, 7) is 6.02. The van der Waals surface area contributed by atoms with Crippen LogP contribution in [0.4, 0.5) is 13.2 Å². The Morgan fingerprint density at radius 3 is 2.58 bits per heavy atom. The van der Waals surface area contributed by atoms with Gasteiger partial charge in [-0.3, -0.25) is 9.78 Å². The van der Waals surface area contributed by atoms with Crippen LogP contribution in [0.1, 0.15) is 76.8 Å². The van der Waals surface area contributed by atoms with E-state index in [4.69, 9.17) is 4.74 Å². The van der Waals surface area contributed by atoms with Crippen molar-refractivity contribution in [3.63, 3.8) is 0 Å². The molecule has 3 nitrogen and oxygen atoms in total. The molecule has 0 bridgehead atoms. The molecule has 4 aliphatic carbocycles. The molecule has 0 spiro atoms. The van der Waals surface area contributed by atoms with E-state index in [1.807, 2.05) is 0 Å². The Bertz CT molecular complexity index is 1030. The summed E-state index contributed by atoms with van der Waals surface area (Å²) in [6, 6.07) is 1.11. The summed E-state index contributed by atoms with van der Waals surface area (Å²) in [6.07, 6.45) is 9.06. The average Bonchev–Trinajstić information content (AvgIpc) is 3.10. The van der Waals surface area contributed by atoms with Gasteiger partial charge in [-0.15, -0.1) is 0 Å². The first kappa shape index (κ1) is 22.7. The summed E-state index contributed by atoms with van der Waals surface area (Å²) in [4.78, 5) is 15.5. The minimum absolute atomic E-state index is 0.0293. The highest BCUT2D eigenvalue weighted by molar-refractivity contribution is 5.75. The number of carbonyl (C=O) groups excluding carboxylic acids is 1. The Kier molecular flexibility index (Phi) is 5.30. The second-order valence-corrected chi connectivity index (χ2v) is 11.0. The van der Waals surface area contributed by atoms with E-state index in [1.54, 1.807) is 0 Å². The van der Waals surface area contributed by atoms with Gasteiger partial charge in [-0.05, 0) is 78.7 Å². The molecule has 0 aromatic carbocycles. The van der Waals surface area contributed by atoms with E-state index in [1.165, 1.54) is 24.9 Å². The van der Waals surface area contributed by atoms with E-state index in [0.717, 1.165) is 56.6 Å². The zero-order valence-electron chi connectivity index (χ0n) is 19.5. The molecule has 4 unspecified atom stereocenters. The molecule has 5 rings (SSSR count). The van der Waals surface area contributed by atoms with E-state index >= 15 is 0 Å². The lowest BCUT2D eigenvalue weighted by Crippen LogP contribution is -2.50. The third-order valence-corrected chi connectivity index (χ3v) is 9.39. The van der Waals surface area contributed by atoms with Crippen LogP contribution < -0.4 is 0 Å². The van der Waals surface area contributed by atoms with E-state index in [-0.39, 0.29) is 28.5 Å². The predicted octanol–water partition coefficient (Wildman–Crippen LogP) is 6.99. The number of carbonyl (C=O) groups is 1. The molecule has 0 radical (unpaired) electrons. The molecule has 1 heterocycles. The molecule has 6 atom stereocenters. The van der Waals surface area contributed by atoms with Gasteiger partial charge in [-0.2, -0.15) is 13.2 Å². The zero-order valence-corrected chi connectivity index (χ0v) is 19.5. The molecule has 0 aliphatic heterocycles. The van der Waals surface area contributed by atoms with Crippen LogP contribution >= 0.6 is 0 Å². The van der Waals surface area contributed by atoms with Crippen molar-refractivity contribution in [2.75, 3.05) is 0 Å². The van der Waals surface area contributed by atoms with E-state index in [9.17, 15) is 18.0 Å². The first-order valence-corrected chi connectivity index (χ1v) is 12.1. The maximum absolute atomic E-state index is 13.8. The second kappa shape index (κ2) is 7.71. The largest absolute Gasteiger partial charge is 0.462 e. The summed E-state index contributed by atoms with van der Waals surface area (Å²) in [5.41, 5.74) is 1.77. The van der Waals surface area contributed by atoms with Crippen molar-refractivity contribution in [1.29, 1.82) is 0 Å². The minimum Gasteiger partial charge on any atom is -0.462 e. The molecule has 2 saturated carbocycles. The van der Waals surface area contributed by atoms with Crippen LogP contribution in [-0.4, -0.2) is 17.1 Å². The summed E-state index contributed by atoms with van der Waals surface area (Å²) >= 11 is 0. The first-order valence-electron chi connectivity index (χ1n) is 12.1. The SMILES string of the molecule is CC(=O)OC1CCC2(C)C(=CCC3[C@@H]2CCC2(C)C(c4cnccc4C(F)(F)F)=CC[C@@H]32)C1. The zero-order chi connectivity index (χ0) is 23.6. The fourth-order valence-corrected chi connectivity index (χ4v) is 7.80. The lowest BCUT2D eigenvalue weighted by atomic mass is 9.47. The van der Waals surface area contributed by atoms with Crippen molar-refractivity contribution in [3.05, 3.63) is 47.3 Å². The van der Waals surface area contributed by atoms with Crippen molar-refractivity contribution in [1.82, 2.24) is 4.98 Å². The maximum Gasteiger partial charge on any atom is 0.417 e. The monoisotopic (exact) mass is 459 g/mol. The molecule has 0 amide bonds. The highest BCUT2D eigenvalue weighted by Gasteiger charge is 2.57. The van der Waals surface area contributed by atoms with Crippen LogP contribution in [0.15, 0.2) is 36.2 Å². The molecule has 2 fully saturated rings. The average molecular weight is 460 g/mol. The molecule has 1 aromatic rings. The molecule has 6 heteroatoms. The molecular weight excluding hydrogens is 427 g/mol. The number of halogens is 3. The minimum atomic E-state index is -4.39. The Labute approximate surface area is 193 Å². The van der Waals surface area contributed by atoms with Gasteiger partial charge in [0.2, 0.25) is 0 Å². The Balaban J connectivity index is 1.44. The Hall–Kier alpha value is -2.11. The highest BCUT2D eigenvalue weighted by Crippen LogP contribution is 2.66. The Morgan fingerprint density at radius 1 is 1.09 bits per heavy atom. The van der Waals surface area contributed by atoms with Crippen LogP contribution in [0.5, 0.6) is 0 Å². The molecule has 1 aromatic heterocycles. The van der Waals surface area contributed by atoms with Gasteiger partial charge in [0.1, 0.15) is 6.10 Å². The number of pyridine rings is 1. The van der Waals surface area contributed by atoms with Crippen molar-refractivity contribution in [2.45, 2.75) is 78.0 Å². The number of allylic oxidation sites excluding steroid dienone is 3. The van der Waals surface area contributed by atoms with Gasteiger partial charge in [-0.25, -0.2) is 0 Å². The quantitative estimate of drug-likeness (QED) is 0.353. The van der Waals surface area contributed by atoms with E-state index in [2.05, 4.69) is 31.0 Å². The summed E-state index contributed by atoms with van der Waals surface area (Å²) in [5, 5.41) is 0. The van der Waals surface area contributed by atoms with Gasteiger partial charge >= 0.3 is 12.1 Å². The smallest absolute Gasteiger partial charge is 0.417 e. The van der Waals surface area contributed by atoms with Crippen LogP contribution in [0.25, 0.3) is 5.57 Å². The number of nitrogens with zero attached hydrogens (tertiary/aromatic N) is 1. The van der Waals surface area contributed by atoms with Gasteiger partial charge in [0.25, 0.3) is 0 Å². The maximum atomic E-state index is 13.8. The number of hydrogen-bond acceptors (Lipinski definition) is 3. The van der Waals surface area contributed by atoms with Gasteiger partial charge in [0.15, 0.2) is 0 Å². The topological polar surface area (TPSA) is 39.2 Å². The number of hydrogen-bond donors (Lipinski definition) is 0. The molecule has 178 valence electrons. The second-order valence-electron chi connectivity index (χ2n) is 11.0. The third kappa shape index (κ3) is 3.55. The number of rotatable bonds is 2. The fourth-order valence-electron chi connectivity index (χ4n) is 7.80. The van der Waals surface area contributed by atoms with Gasteiger partial charge in [0, 0.05) is 31.3 Å². The first-order chi connectivity index (χ1) is 15.5. The fraction of sp³-hybridized carbons (Fsp3) is 0.630. The summed E-state index contributed by atoms with van der Waals surface area (Å²) < 4.78 is 46.8. The summed E-state index contributed by atoms with van der Waals surface area (Å²) in [7, 11) is 0. The lowest BCUT2D eigenvalue weighted by Gasteiger charge is -2.58. The molecule has 0 saturated heterocycles. The number of aromatic nitrogens is 1. The molecule has 0 N–H and O–H groups in total. The number of ether oxygens (including phenoxy) is 1. The van der Waals surface area contributed by atoms with Gasteiger partial charge < -0.3 is 4.74 Å². The molecule has 4 aliphatic rings. The van der Waals surface area contributed by atoms with Crippen molar-refractivity contribution >= 4 is 11.5 Å². The van der Waals surface area contributed by atoms with Gasteiger partial charge in [-0.1, -0.05) is 31.6 Å². The molecule has 33 heavy (non-hydrogen) atoms. The number of esters is 1. The van der Waals surface area contributed by atoms with Crippen molar-refractivity contribution in [3.8, 4) is 0 Å². The predicted molar refractivity (Wildman–Crippen MR) is 120 cm³/mol. The lowest BCUT2D eigenvalue weighted by molar-refractivity contribution is -0.148. The Morgan fingerprint density at radius 2 is 1.85 bits per heavy atom. The van der Waals surface area contributed by atoms with Crippen LogP contribution in [0, 0.1) is 28.6 Å². The van der Waals surface area contributed by atoms with Crippen LogP contribution in [0.2, 0.25) is 0 Å². The van der Waals surface area contributed by atoms with Crippen molar-refractivity contribution in [2.24, 2.45) is 28.6 Å². The molecular formula is C27H32F3NO2. The highest BCUT2D eigenvalue weighted by atomic mass is 19.4. The van der Waals surface area contributed by atoms with E-state index < -0.39 is 11.7 Å². The number of fused-ring (bicyclic) bond motifs is 5. The summed E-state index contributed by atoms with van der Waals surface area (Å²) in [5.74, 6) is 1.11. The van der Waals surface area contributed by atoms with E-state index in [0.29, 0.717) is 17.8 Å².